The van der Waals surface area contributed by atoms with Gasteiger partial charge in [0, 0.05) is 6.54 Å². The number of nitrogens with zero attached hydrogens (tertiary/aromatic N) is 1. The summed E-state index contributed by atoms with van der Waals surface area (Å²) in [5.41, 5.74) is 1.58. The Bertz CT molecular complexity index is 960. The van der Waals surface area contributed by atoms with Gasteiger partial charge < -0.3 is 16.6 Å². The predicted octanol–water partition coefficient (Wildman–Crippen LogP) is 1.63. The van der Waals surface area contributed by atoms with E-state index in [0.29, 0.717) is 25.1 Å². The van der Waals surface area contributed by atoms with Gasteiger partial charge in [0.2, 0.25) is 5.91 Å². The molecule has 2 atom stereocenters. The Labute approximate surface area is 203 Å². The maximum Gasteiger partial charge on any atom is 1.00 e. The molecule has 1 aliphatic heterocycles. The third-order valence-corrected chi connectivity index (χ3v) is 5.45. The molecule has 10 heteroatoms. The minimum atomic E-state index is -4.76. The summed E-state index contributed by atoms with van der Waals surface area (Å²) in [7, 11) is 0. The molecule has 0 aliphatic carbocycles. The molecule has 2 aromatic carbocycles. The van der Waals surface area contributed by atoms with Gasteiger partial charge in [0.25, 0.3) is 0 Å². The quantitative estimate of drug-likeness (QED) is 0.617. The third-order valence-electron chi connectivity index (χ3n) is 5.45. The van der Waals surface area contributed by atoms with E-state index in [1.54, 1.807) is 18.2 Å². The molecule has 33 heavy (non-hydrogen) atoms. The maximum absolute atomic E-state index is 13.0. The number of carbonyl (C=O) groups is 2. The summed E-state index contributed by atoms with van der Waals surface area (Å²) in [5, 5.41) is 12.0. The molecule has 0 saturated carbocycles. The second-order valence-electron chi connectivity index (χ2n) is 7.83. The Morgan fingerprint density at radius 2 is 1.91 bits per heavy atom. The van der Waals surface area contributed by atoms with E-state index in [-0.39, 0.29) is 43.5 Å². The van der Waals surface area contributed by atoms with Crippen LogP contribution in [0.15, 0.2) is 48.5 Å². The van der Waals surface area contributed by atoms with Gasteiger partial charge in [0.1, 0.15) is 5.75 Å². The molecule has 3 rings (SSSR count). The standard InChI is InChI=1S/C23H25F3N2O4.Li.H/c1-15(17-8-10-18(11-9-17)22(30)31)27-21(29)20-7-2-3-12-28(20)14-16-5-4-6-19(13-16)32-23(24,25)26;;/h4-6,8-11,13,15,20H,2-3,7,12,14H2,1H3,(H,27,29)(H,30,31);;/q;+1;-1/t15-,20+;;/m0../s1. The summed E-state index contributed by atoms with van der Waals surface area (Å²) < 4.78 is 41.5. The number of amides is 1. The molecule has 0 aromatic heterocycles. The van der Waals surface area contributed by atoms with Crippen LogP contribution in [0.5, 0.6) is 5.75 Å². The average molecular weight is 458 g/mol. The first-order chi connectivity index (χ1) is 15.1. The fraction of sp³-hybridized carbons (Fsp3) is 0.391. The van der Waals surface area contributed by atoms with E-state index in [9.17, 15) is 22.8 Å². The van der Waals surface area contributed by atoms with Crippen LogP contribution in [0, 0.1) is 0 Å². The van der Waals surface area contributed by atoms with Gasteiger partial charge in [-0.1, -0.05) is 30.7 Å². The summed E-state index contributed by atoms with van der Waals surface area (Å²) in [5.74, 6) is -1.47. The number of likely N-dealkylation sites (tertiary alicyclic amines) is 1. The Morgan fingerprint density at radius 1 is 1.21 bits per heavy atom. The third kappa shape index (κ3) is 7.81. The molecule has 0 radical (unpaired) electrons. The number of carboxylic acid groups (broad SMARTS) is 1. The van der Waals surface area contributed by atoms with E-state index in [2.05, 4.69) is 10.1 Å². The number of rotatable bonds is 7. The van der Waals surface area contributed by atoms with E-state index < -0.39 is 18.4 Å². The van der Waals surface area contributed by atoms with Crippen molar-refractivity contribution in [3.8, 4) is 5.75 Å². The smallest absolute Gasteiger partial charge is 1.00 e. The first-order valence-corrected chi connectivity index (χ1v) is 10.3. The molecular weight excluding hydrogens is 432 g/mol. The normalized spacial score (nSPS) is 17.5. The van der Waals surface area contributed by atoms with E-state index in [1.165, 1.54) is 30.3 Å². The molecule has 174 valence electrons. The zero-order valence-electron chi connectivity index (χ0n) is 19.6. The van der Waals surface area contributed by atoms with Crippen molar-refractivity contribution in [3.05, 3.63) is 65.2 Å². The van der Waals surface area contributed by atoms with Crippen LogP contribution in [0.4, 0.5) is 13.2 Å². The number of ether oxygens (including phenoxy) is 1. The van der Waals surface area contributed by atoms with Gasteiger partial charge in [-0.05, 0) is 61.7 Å². The van der Waals surface area contributed by atoms with Gasteiger partial charge in [-0.3, -0.25) is 9.69 Å². The molecule has 1 aliphatic rings. The van der Waals surface area contributed by atoms with Crippen molar-refractivity contribution in [1.29, 1.82) is 0 Å². The van der Waals surface area contributed by atoms with Crippen molar-refractivity contribution in [2.75, 3.05) is 6.54 Å². The Morgan fingerprint density at radius 3 is 2.55 bits per heavy atom. The average Bonchev–Trinajstić information content (AvgIpc) is 2.73. The molecule has 1 fully saturated rings. The molecule has 0 unspecified atom stereocenters. The van der Waals surface area contributed by atoms with Crippen molar-refractivity contribution >= 4 is 11.9 Å². The van der Waals surface area contributed by atoms with Crippen LogP contribution in [-0.2, 0) is 11.3 Å². The molecule has 1 heterocycles. The number of aromatic carboxylic acids is 1. The summed E-state index contributed by atoms with van der Waals surface area (Å²) in [6, 6.07) is 11.4. The summed E-state index contributed by atoms with van der Waals surface area (Å²) in [6.07, 6.45) is -2.33. The summed E-state index contributed by atoms with van der Waals surface area (Å²) >= 11 is 0. The first kappa shape index (κ1) is 26.8. The zero-order valence-corrected chi connectivity index (χ0v) is 18.6. The maximum atomic E-state index is 13.0. The SMILES string of the molecule is C[C@H](NC(=O)[C@H]1CCCCN1Cc1cccc(OC(F)(F)F)c1)c1ccc(C(=O)O)cc1.[H-].[Li+]. The van der Waals surface area contributed by atoms with Crippen LogP contribution in [-0.4, -0.2) is 40.8 Å². The fourth-order valence-corrected chi connectivity index (χ4v) is 3.86. The summed E-state index contributed by atoms with van der Waals surface area (Å²) in [4.78, 5) is 26.0. The van der Waals surface area contributed by atoms with Crippen LogP contribution >= 0.6 is 0 Å². The number of halogens is 3. The molecule has 2 N–H and O–H groups in total. The number of carbonyl (C=O) groups excluding carboxylic acids is 1. The van der Waals surface area contributed by atoms with Crippen LogP contribution < -0.4 is 28.9 Å². The van der Waals surface area contributed by atoms with E-state index in [1.807, 2.05) is 11.8 Å². The molecule has 2 aromatic rings. The molecule has 0 spiro atoms. The second-order valence-corrected chi connectivity index (χ2v) is 7.83. The Kier molecular flexibility index (Phi) is 9.41. The van der Waals surface area contributed by atoms with Crippen molar-refractivity contribution in [2.24, 2.45) is 0 Å². The monoisotopic (exact) mass is 458 g/mol. The topological polar surface area (TPSA) is 78.9 Å². The first-order valence-electron chi connectivity index (χ1n) is 10.3. The van der Waals surface area contributed by atoms with E-state index in [0.717, 1.165) is 18.4 Å². The van der Waals surface area contributed by atoms with E-state index >= 15 is 0 Å². The van der Waals surface area contributed by atoms with Gasteiger partial charge in [-0.15, -0.1) is 13.2 Å². The number of benzene rings is 2. The van der Waals surface area contributed by atoms with Crippen LogP contribution in [0.2, 0.25) is 0 Å². The van der Waals surface area contributed by atoms with Crippen LogP contribution in [0.1, 0.15) is 55.1 Å². The van der Waals surface area contributed by atoms with Crippen LogP contribution in [0.3, 0.4) is 0 Å². The number of piperidine rings is 1. The Balaban J connectivity index is 0.00000289. The van der Waals surface area contributed by atoms with Gasteiger partial charge >= 0.3 is 31.2 Å². The van der Waals surface area contributed by atoms with Crippen LogP contribution in [0.25, 0.3) is 0 Å². The molecular formula is C23H26F3LiN2O4. The molecule has 0 bridgehead atoms. The van der Waals surface area contributed by atoms with Gasteiger partial charge in [-0.2, -0.15) is 0 Å². The largest absolute Gasteiger partial charge is 1.00 e. The molecule has 1 amide bonds. The van der Waals surface area contributed by atoms with Gasteiger partial charge in [0.05, 0.1) is 17.6 Å². The molecule has 6 nitrogen and oxygen atoms in total. The zero-order chi connectivity index (χ0) is 23.3. The van der Waals surface area contributed by atoms with Gasteiger partial charge in [0.15, 0.2) is 0 Å². The summed E-state index contributed by atoms with van der Waals surface area (Å²) in [6.45, 7) is 2.80. The van der Waals surface area contributed by atoms with E-state index in [4.69, 9.17) is 5.11 Å². The number of alkyl halides is 3. The van der Waals surface area contributed by atoms with Gasteiger partial charge in [-0.25, -0.2) is 4.79 Å². The van der Waals surface area contributed by atoms with Crippen molar-refractivity contribution < 1.29 is 52.9 Å². The Hall–Kier alpha value is -2.47. The number of carboxylic acids is 1. The second kappa shape index (κ2) is 11.6. The molecule has 1 saturated heterocycles. The van der Waals surface area contributed by atoms with Crippen molar-refractivity contribution in [1.82, 2.24) is 10.2 Å². The van der Waals surface area contributed by atoms with Crippen molar-refractivity contribution in [2.45, 2.75) is 51.2 Å². The minimum Gasteiger partial charge on any atom is -1.00 e. The number of hydrogen-bond donors (Lipinski definition) is 2. The predicted molar refractivity (Wildman–Crippen MR) is 112 cm³/mol. The minimum absolute atomic E-state index is 0. The fourth-order valence-electron chi connectivity index (χ4n) is 3.86. The number of nitrogens with one attached hydrogen (secondary N) is 1. The number of hydrogen-bond acceptors (Lipinski definition) is 4. The van der Waals surface area contributed by atoms with Crippen molar-refractivity contribution in [3.63, 3.8) is 0 Å².